The van der Waals surface area contributed by atoms with Gasteiger partial charge in [-0.05, 0) is 30.7 Å². The number of carboxylic acid groups (broad SMARTS) is 1. The van der Waals surface area contributed by atoms with Crippen molar-refractivity contribution in [2.24, 2.45) is 0 Å². The standard InChI is InChI=1S/C13H12FN3O2/c1-8(9-2-4-10(14)5-3-9)16-13-15-7-6-11(17-13)12(18)19/h2-8H,1H3,(H,18,19)(H,15,16,17). The van der Waals surface area contributed by atoms with Gasteiger partial charge in [-0.15, -0.1) is 0 Å². The van der Waals surface area contributed by atoms with Gasteiger partial charge >= 0.3 is 5.97 Å². The number of nitrogens with zero attached hydrogens (tertiary/aromatic N) is 2. The molecule has 1 aromatic heterocycles. The van der Waals surface area contributed by atoms with E-state index >= 15 is 0 Å². The minimum Gasteiger partial charge on any atom is -0.477 e. The van der Waals surface area contributed by atoms with Gasteiger partial charge in [0.05, 0.1) is 6.04 Å². The van der Waals surface area contributed by atoms with E-state index in [2.05, 4.69) is 15.3 Å². The van der Waals surface area contributed by atoms with Gasteiger partial charge in [-0.2, -0.15) is 0 Å². The Morgan fingerprint density at radius 2 is 2.00 bits per heavy atom. The molecule has 0 aliphatic rings. The maximum Gasteiger partial charge on any atom is 0.354 e. The first-order valence-electron chi connectivity index (χ1n) is 5.64. The van der Waals surface area contributed by atoms with Crippen LogP contribution >= 0.6 is 0 Å². The van der Waals surface area contributed by atoms with Crippen LogP contribution in [0, 0.1) is 5.82 Å². The van der Waals surface area contributed by atoms with Crippen LogP contribution in [0.3, 0.4) is 0 Å². The molecule has 5 nitrogen and oxygen atoms in total. The predicted octanol–water partition coefficient (Wildman–Crippen LogP) is 2.49. The Labute approximate surface area is 109 Å². The molecule has 0 saturated carbocycles. The van der Waals surface area contributed by atoms with E-state index < -0.39 is 5.97 Å². The molecule has 98 valence electrons. The monoisotopic (exact) mass is 261 g/mol. The first-order chi connectivity index (χ1) is 9.06. The van der Waals surface area contributed by atoms with Gasteiger partial charge in [-0.3, -0.25) is 0 Å². The van der Waals surface area contributed by atoms with Crippen molar-refractivity contribution < 1.29 is 14.3 Å². The Hall–Kier alpha value is -2.50. The zero-order valence-corrected chi connectivity index (χ0v) is 10.2. The van der Waals surface area contributed by atoms with E-state index in [9.17, 15) is 9.18 Å². The molecule has 1 heterocycles. The van der Waals surface area contributed by atoms with Crippen LogP contribution in [0.1, 0.15) is 29.0 Å². The molecule has 1 unspecified atom stereocenters. The van der Waals surface area contributed by atoms with Gasteiger partial charge in [0.1, 0.15) is 5.82 Å². The van der Waals surface area contributed by atoms with E-state index in [-0.39, 0.29) is 23.5 Å². The molecule has 2 N–H and O–H groups in total. The number of aromatic carboxylic acids is 1. The van der Waals surface area contributed by atoms with Gasteiger partial charge in [-0.25, -0.2) is 19.2 Å². The summed E-state index contributed by atoms with van der Waals surface area (Å²) in [6, 6.07) is 7.17. The molecule has 0 radical (unpaired) electrons. The number of halogens is 1. The zero-order chi connectivity index (χ0) is 13.8. The van der Waals surface area contributed by atoms with Crippen LogP contribution in [0.25, 0.3) is 0 Å². The normalized spacial score (nSPS) is 11.9. The van der Waals surface area contributed by atoms with E-state index in [0.29, 0.717) is 0 Å². The Kier molecular flexibility index (Phi) is 3.70. The molecule has 0 aliphatic heterocycles. The van der Waals surface area contributed by atoms with Crippen molar-refractivity contribution in [3.05, 3.63) is 53.6 Å². The van der Waals surface area contributed by atoms with Crippen LogP contribution in [0.4, 0.5) is 10.3 Å². The largest absolute Gasteiger partial charge is 0.477 e. The van der Waals surface area contributed by atoms with Crippen molar-refractivity contribution in [2.45, 2.75) is 13.0 Å². The van der Waals surface area contributed by atoms with E-state index in [4.69, 9.17) is 5.11 Å². The molecule has 19 heavy (non-hydrogen) atoms. The summed E-state index contributed by atoms with van der Waals surface area (Å²) < 4.78 is 12.8. The fourth-order valence-electron chi connectivity index (χ4n) is 1.58. The fraction of sp³-hybridized carbons (Fsp3) is 0.154. The molecule has 0 bridgehead atoms. The summed E-state index contributed by atoms with van der Waals surface area (Å²) in [7, 11) is 0. The zero-order valence-electron chi connectivity index (χ0n) is 10.2. The van der Waals surface area contributed by atoms with Crippen LogP contribution in [0.15, 0.2) is 36.5 Å². The lowest BCUT2D eigenvalue weighted by Gasteiger charge is -2.14. The summed E-state index contributed by atoms with van der Waals surface area (Å²) in [4.78, 5) is 18.6. The maximum absolute atomic E-state index is 12.8. The second-order valence-corrected chi connectivity index (χ2v) is 3.99. The molecule has 2 aromatic rings. The third-order valence-electron chi connectivity index (χ3n) is 2.59. The van der Waals surface area contributed by atoms with Crippen molar-refractivity contribution in [3.8, 4) is 0 Å². The average molecular weight is 261 g/mol. The van der Waals surface area contributed by atoms with Gasteiger partial charge in [0.2, 0.25) is 5.95 Å². The highest BCUT2D eigenvalue weighted by molar-refractivity contribution is 5.85. The number of rotatable bonds is 4. The quantitative estimate of drug-likeness (QED) is 0.884. The first-order valence-corrected chi connectivity index (χ1v) is 5.64. The summed E-state index contributed by atoms with van der Waals surface area (Å²) in [6.45, 7) is 1.85. The van der Waals surface area contributed by atoms with Crippen LogP contribution in [0.5, 0.6) is 0 Å². The summed E-state index contributed by atoms with van der Waals surface area (Å²) in [5, 5.41) is 11.8. The Morgan fingerprint density at radius 3 is 2.63 bits per heavy atom. The lowest BCUT2D eigenvalue weighted by Crippen LogP contribution is -2.11. The van der Waals surface area contributed by atoms with Crippen LogP contribution < -0.4 is 5.32 Å². The molecular formula is C13H12FN3O2. The number of hydrogen-bond acceptors (Lipinski definition) is 4. The lowest BCUT2D eigenvalue weighted by molar-refractivity contribution is 0.0690. The molecule has 6 heteroatoms. The molecule has 0 aliphatic carbocycles. The number of nitrogens with one attached hydrogen (secondary N) is 1. The molecule has 1 atom stereocenters. The second-order valence-electron chi connectivity index (χ2n) is 3.99. The Bertz CT molecular complexity index is 587. The number of anilines is 1. The van der Waals surface area contributed by atoms with E-state index in [1.54, 1.807) is 12.1 Å². The van der Waals surface area contributed by atoms with E-state index in [1.165, 1.54) is 24.4 Å². The first kappa shape index (κ1) is 12.9. The number of hydrogen-bond donors (Lipinski definition) is 2. The number of carbonyl (C=O) groups is 1. The van der Waals surface area contributed by atoms with Gasteiger partial charge in [0.25, 0.3) is 0 Å². The maximum atomic E-state index is 12.8. The minimum absolute atomic E-state index is 0.0798. The smallest absolute Gasteiger partial charge is 0.354 e. The third kappa shape index (κ3) is 3.25. The van der Waals surface area contributed by atoms with Crippen LogP contribution in [0.2, 0.25) is 0 Å². The third-order valence-corrected chi connectivity index (χ3v) is 2.59. The Morgan fingerprint density at radius 1 is 1.32 bits per heavy atom. The molecule has 2 rings (SSSR count). The highest BCUT2D eigenvalue weighted by atomic mass is 19.1. The predicted molar refractivity (Wildman–Crippen MR) is 67.4 cm³/mol. The SMILES string of the molecule is CC(Nc1nccc(C(=O)O)n1)c1ccc(F)cc1. The van der Waals surface area contributed by atoms with Crippen molar-refractivity contribution in [2.75, 3.05) is 5.32 Å². The van der Waals surface area contributed by atoms with Gasteiger partial charge in [0, 0.05) is 6.20 Å². The van der Waals surface area contributed by atoms with Crippen molar-refractivity contribution >= 4 is 11.9 Å². The molecular weight excluding hydrogens is 249 g/mol. The van der Waals surface area contributed by atoms with Crippen LogP contribution in [-0.4, -0.2) is 21.0 Å². The summed E-state index contributed by atoms with van der Waals surface area (Å²) in [5.74, 6) is -1.20. The van der Waals surface area contributed by atoms with Crippen molar-refractivity contribution in [3.63, 3.8) is 0 Å². The number of aromatic nitrogens is 2. The van der Waals surface area contributed by atoms with Gasteiger partial charge in [-0.1, -0.05) is 12.1 Å². The van der Waals surface area contributed by atoms with Gasteiger partial charge in [0.15, 0.2) is 5.69 Å². The second kappa shape index (κ2) is 5.43. The van der Waals surface area contributed by atoms with Crippen LogP contribution in [-0.2, 0) is 0 Å². The summed E-state index contributed by atoms with van der Waals surface area (Å²) in [5.41, 5.74) is 0.773. The summed E-state index contributed by atoms with van der Waals surface area (Å²) in [6.07, 6.45) is 1.37. The van der Waals surface area contributed by atoms with Gasteiger partial charge < -0.3 is 10.4 Å². The molecule has 0 saturated heterocycles. The summed E-state index contributed by atoms with van der Waals surface area (Å²) >= 11 is 0. The highest BCUT2D eigenvalue weighted by Gasteiger charge is 2.10. The topological polar surface area (TPSA) is 75.1 Å². The highest BCUT2D eigenvalue weighted by Crippen LogP contribution is 2.17. The molecule has 0 amide bonds. The van der Waals surface area contributed by atoms with E-state index in [0.717, 1.165) is 5.56 Å². The minimum atomic E-state index is -1.11. The van der Waals surface area contributed by atoms with Crippen molar-refractivity contribution in [1.82, 2.24) is 9.97 Å². The number of carboxylic acids is 1. The lowest BCUT2D eigenvalue weighted by atomic mass is 10.1. The van der Waals surface area contributed by atoms with Crippen molar-refractivity contribution in [1.29, 1.82) is 0 Å². The number of benzene rings is 1. The molecule has 1 aromatic carbocycles. The van der Waals surface area contributed by atoms with E-state index in [1.807, 2.05) is 6.92 Å². The average Bonchev–Trinajstić information content (AvgIpc) is 2.39. The Balaban J connectivity index is 2.14. The molecule has 0 fully saturated rings. The fourth-order valence-corrected chi connectivity index (χ4v) is 1.58. The molecule has 0 spiro atoms.